The van der Waals surface area contributed by atoms with Crippen molar-refractivity contribution in [2.45, 2.75) is 6.92 Å². The van der Waals surface area contributed by atoms with Crippen molar-refractivity contribution < 1.29 is 9.59 Å². The van der Waals surface area contributed by atoms with Crippen molar-refractivity contribution in [2.24, 2.45) is 0 Å². The number of halogens is 1. The summed E-state index contributed by atoms with van der Waals surface area (Å²) in [4.78, 5) is 25.3. The van der Waals surface area contributed by atoms with E-state index in [1.54, 1.807) is 48.5 Å². The number of nitrogens with one attached hydrogen (secondary N) is 1. The molecular formula is C21H16ClNO2. The first kappa shape index (κ1) is 16.9. The molecule has 0 atom stereocenters. The second-order valence-corrected chi connectivity index (χ2v) is 6.09. The minimum Gasteiger partial charge on any atom is -0.321 e. The first-order valence-electron chi connectivity index (χ1n) is 7.82. The van der Waals surface area contributed by atoms with Crippen LogP contribution in [0.3, 0.4) is 0 Å². The first-order valence-corrected chi connectivity index (χ1v) is 8.20. The summed E-state index contributed by atoms with van der Waals surface area (Å²) in [5, 5.41) is 3.18. The van der Waals surface area contributed by atoms with Gasteiger partial charge in [0.2, 0.25) is 0 Å². The van der Waals surface area contributed by atoms with Gasteiger partial charge in [-0.3, -0.25) is 9.59 Å². The van der Waals surface area contributed by atoms with Gasteiger partial charge in [-0.1, -0.05) is 60.1 Å². The number of rotatable bonds is 4. The van der Waals surface area contributed by atoms with E-state index in [1.807, 2.05) is 31.2 Å². The largest absolute Gasteiger partial charge is 0.321 e. The summed E-state index contributed by atoms with van der Waals surface area (Å²) in [6.45, 7) is 1.90. The molecule has 0 bridgehead atoms. The van der Waals surface area contributed by atoms with Gasteiger partial charge in [-0.05, 0) is 36.8 Å². The van der Waals surface area contributed by atoms with Crippen molar-refractivity contribution in [3.63, 3.8) is 0 Å². The van der Waals surface area contributed by atoms with E-state index >= 15 is 0 Å². The van der Waals surface area contributed by atoms with E-state index in [9.17, 15) is 9.59 Å². The molecule has 0 saturated heterocycles. The summed E-state index contributed by atoms with van der Waals surface area (Å²) in [6, 6.07) is 21.1. The number of hydrogen-bond donors (Lipinski definition) is 1. The topological polar surface area (TPSA) is 46.2 Å². The van der Waals surface area contributed by atoms with Crippen molar-refractivity contribution in [3.05, 3.63) is 100 Å². The number of carbonyl (C=O) groups is 2. The average molecular weight is 350 g/mol. The Morgan fingerprint density at radius 1 is 0.840 bits per heavy atom. The smallest absolute Gasteiger partial charge is 0.257 e. The van der Waals surface area contributed by atoms with Gasteiger partial charge in [0.1, 0.15) is 0 Å². The monoisotopic (exact) mass is 349 g/mol. The fourth-order valence-corrected chi connectivity index (χ4v) is 2.76. The van der Waals surface area contributed by atoms with Gasteiger partial charge in [-0.15, -0.1) is 0 Å². The highest BCUT2D eigenvalue weighted by atomic mass is 35.5. The van der Waals surface area contributed by atoms with Gasteiger partial charge in [0.25, 0.3) is 5.91 Å². The normalized spacial score (nSPS) is 10.3. The number of carbonyl (C=O) groups excluding carboxylic acids is 2. The zero-order valence-corrected chi connectivity index (χ0v) is 14.4. The molecule has 0 saturated carbocycles. The predicted molar refractivity (Wildman–Crippen MR) is 100 cm³/mol. The molecule has 1 N–H and O–H groups in total. The molecular weight excluding hydrogens is 334 g/mol. The van der Waals surface area contributed by atoms with E-state index in [4.69, 9.17) is 11.6 Å². The molecule has 0 aliphatic carbocycles. The van der Waals surface area contributed by atoms with Gasteiger partial charge < -0.3 is 5.32 Å². The van der Waals surface area contributed by atoms with Crippen LogP contribution in [0.5, 0.6) is 0 Å². The Labute approximate surface area is 151 Å². The van der Waals surface area contributed by atoms with Crippen molar-refractivity contribution in [1.82, 2.24) is 0 Å². The van der Waals surface area contributed by atoms with E-state index in [0.29, 0.717) is 27.4 Å². The molecule has 0 radical (unpaired) electrons. The molecule has 25 heavy (non-hydrogen) atoms. The van der Waals surface area contributed by atoms with E-state index in [0.717, 1.165) is 5.56 Å². The third-order valence-electron chi connectivity index (χ3n) is 3.82. The molecule has 3 aromatic carbocycles. The van der Waals surface area contributed by atoms with Crippen LogP contribution in [-0.4, -0.2) is 11.7 Å². The molecule has 0 spiro atoms. The minimum absolute atomic E-state index is 0.143. The Hall–Kier alpha value is -2.91. The Balaban J connectivity index is 1.96. The van der Waals surface area contributed by atoms with Crippen LogP contribution in [0.1, 0.15) is 31.8 Å². The maximum absolute atomic E-state index is 12.8. The third kappa shape index (κ3) is 3.78. The SMILES string of the molecule is Cc1ccc(C(=O)c2ccccc2)c(NC(=O)c2ccccc2Cl)c1. The second kappa shape index (κ2) is 7.32. The molecule has 3 aromatic rings. The Morgan fingerprint density at radius 2 is 1.52 bits per heavy atom. The lowest BCUT2D eigenvalue weighted by atomic mass is 10.00. The van der Waals surface area contributed by atoms with Crippen LogP contribution in [0.15, 0.2) is 72.8 Å². The summed E-state index contributed by atoms with van der Waals surface area (Å²) in [5.74, 6) is -0.492. The maximum atomic E-state index is 12.8. The molecule has 3 rings (SSSR count). The molecule has 0 heterocycles. The molecule has 0 unspecified atom stereocenters. The minimum atomic E-state index is -0.349. The van der Waals surface area contributed by atoms with E-state index < -0.39 is 0 Å². The molecule has 1 amide bonds. The molecule has 0 fully saturated rings. The predicted octanol–water partition coefficient (Wildman–Crippen LogP) is 5.13. The Kier molecular flexibility index (Phi) is 4.96. The van der Waals surface area contributed by atoms with Crippen molar-refractivity contribution in [2.75, 3.05) is 5.32 Å². The summed E-state index contributed by atoms with van der Waals surface area (Å²) in [6.07, 6.45) is 0. The number of anilines is 1. The van der Waals surface area contributed by atoms with Crippen LogP contribution in [0.2, 0.25) is 5.02 Å². The quantitative estimate of drug-likeness (QED) is 0.663. The van der Waals surface area contributed by atoms with Gasteiger partial charge in [-0.25, -0.2) is 0 Å². The summed E-state index contributed by atoms with van der Waals surface area (Å²) in [7, 11) is 0. The van der Waals surface area contributed by atoms with Crippen LogP contribution in [0, 0.1) is 6.92 Å². The van der Waals surface area contributed by atoms with E-state index in [-0.39, 0.29) is 11.7 Å². The summed E-state index contributed by atoms with van der Waals surface area (Å²) in [5.41, 5.74) is 2.79. The molecule has 124 valence electrons. The van der Waals surface area contributed by atoms with E-state index in [1.165, 1.54) is 0 Å². The van der Waals surface area contributed by atoms with Crippen LogP contribution in [-0.2, 0) is 0 Å². The average Bonchev–Trinajstić information content (AvgIpc) is 2.62. The van der Waals surface area contributed by atoms with Gasteiger partial charge in [0.15, 0.2) is 5.78 Å². The zero-order valence-electron chi connectivity index (χ0n) is 13.6. The van der Waals surface area contributed by atoms with E-state index in [2.05, 4.69) is 5.32 Å². The zero-order chi connectivity index (χ0) is 17.8. The number of benzene rings is 3. The van der Waals surface area contributed by atoms with Crippen LogP contribution >= 0.6 is 11.6 Å². The summed E-state index contributed by atoms with van der Waals surface area (Å²) < 4.78 is 0. The highest BCUT2D eigenvalue weighted by Crippen LogP contribution is 2.23. The highest BCUT2D eigenvalue weighted by molar-refractivity contribution is 6.34. The van der Waals surface area contributed by atoms with Gasteiger partial charge >= 0.3 is 0 Å². The van der Waals surface area contributed by atoms with Crippen molar-refractivity contribution in [1.29, 1.82) is 0 Å². The maximum Gasteiger partial charge on any atom is 0.257 e. The van der Waals surface area contributed by atoms with Crippen LogP contribution in [0.25, 0.3) is 0 Å². The second-order valence-electron chi connectivity index (χ2n) is 5.68. The van der Waals surface area contributed by atoms with Crippen LogP contribution in [0.4, 0.5) is 5.69 Å². The Morgan fingerprint density at radius 3 is 2.24 bits per heavy atom. The number of aryl methyl sites for hydroxylation is 1. The van der Waals surface area contributed by atoms with Gasteiger partial charge in [0.05, 0.1) is 16.3 Å². The van der Waals surface area contributed by atoms with Gasteiger partial charge in [-0.2, -0.15) is 0 Å². The summed E-state index contributed by atoms with van der Waals surface area (Å²) >= 11 is 6.09. The van der Waals surface area contributed by atoms with Crippen LogP contribution < -0.4 is 5.32 Å². The first-order chi connectivity index (χ1) is 12.1. The number of amides is 1. The lowest BCUT2D eigenvalue weighted by molar-refractivity contribution is 0.102. The molecule has 0 aromatic heterocycles. The highest BCUT2D eigenvalue weighted by Gasteiger charge is 2.17. The standard InChI is InChI=1S/C21H16ClNO2/c1-14-11-12-17(20(24)15-7-3-2-4-8-15)19(13-14)23-21(25)16-9-5-6-10-18(16)22/h2-13H,1H3,(H,23,25). The molecule has 3 nitrogen and oxygen atoms in total. The number of ketones is 1. The fourth-order valence-electron chi connectivity index (χ4n) is 2.54. The van der Waals surface area contributed by atoms with Crippen molar-refractivity contribution >= 4 is 29.0 Å². The fraction of sp³-hybridized carbons (Fsp3) is 0.0476. The molecule has 4 heteroatoms. The van der Waals surface area contributed by atoms with Gasteiger partial charge in [0, 0.05) is 11.1 Å². The Bertz CT molecular complexity index is 936. The number of hydrogen-bond acceptors (Lipinski definition) is 2. The third-order valence-corrected chi connectivity index (χ3v) is 4.15. The lowest BCUT2D eigenvalue weighted by Crippen LogP contribution is -2.16. The molecule has 0 aliphatic rings. The lowest BCUT2D eigenvalue weighted by Gasteiger charge is -2.12. The molecule has 0 aliphatic heterocycles. The van der Waals surface area contributed by atoms with Crippen molar-refractivity contribution in [3.8, 4) is 0 Å².